The number of hydrogen-bond acceptors (Lipinski definition) is 3. The van der Waals surface area contributed by atoms with Gasteiger partial charge in [-0.1, -0.05) is 42.5 Å². The van der Waals surface area contributed by atoms with Gasteiger partial charge in [-0.25, -0.2) is 13.1 Å². The van der Waals surface area contributed by atoms with Gasteiger partial charge in [0.2, 0.25) is 10.0 Å². The molecule has 0 spiro atoms. The molecule has 4 nitrogen and oxygen atoms in total. The van der Waals surface area contributed by atoms with E-state index in [1.165, 1.54) is 0 Å². The van der Waals surface area contributed by atoms with Crippen LogP contribution in [0, 0.1) is 0 Å². The smallest absolute Gasteiger partial charge is 0.241 e. The third-order valence-electron chi connectivity index (χ3n) is 4.82. The van der Waals surface area contributed by atoms with Gasteiger partial charge in [0.25, 0.3) is 0 Å². The highest BCUT2D eigenvalue weighted by atomic mass is 32.2. The summed E-state index contributed by atoms with van der Waals surface area (Å²) in [6.45, 7) is 0. The lowest BCUT2D eigenvalue weighted by atomic mass is 9.90. The van der Waals surface area contributed by atoms with Crippen molar-refractivity contribution in [1.29, 1.82) is 0 Å². The zero-order valence-corrected chi connectivity index (χ0v) is 15.1. The molecule has 1 aromatic heterocycles. The van der Waals surface area contributed by atoms with Gasteiger partial charge in [0, 0.05) is 18.4 Å². The summed E-state index contributed by atoms with van der Waals surface area (Å²) >= 11 is 0. The zero-order chi connectivity index (χ0) is 18.0. The average Bonchev–Trinajstić information content (AvgIpc) is 2.69. The van der Waals surface area contributed by atoms with Crippen LogP contribution in [0.3, 0.4) is 0 Å². The summed E-state index contributed by atoms with van der Waals surface area (Å²) in [5.41, 5.74) is 4.23. The molecule has 4 rings (SSSR count). The van der Waals surface area contributed by atoms with Crippen LogP contribution in [0.15, 0.2) is 78.0 Å². The van der Waals surface area contributed by atoms with Crippen LogP contribution in [0.4, 0.5) is 0 Å². The molecule has 1 aliphatic carbocycles. The van der Waals surface area contributed by atoms with E-state index in [-0.39, 0.29) is 6.04 Å². The Morgan fingerprint density at radius 2 is 1.65 bits per heavy atom. The van der Waals surface area contributed by atoms with Gasteiger partial charge in [-0.2, -0.15) is 0 Å². The third-order valence-corrected chi connectivity index (χ3v) is 6.31. The third kappa shape index (κ3) is 3.41. The molecule has 5 heteroatoms. The van der Waals surface area contributed by atoms with E-state index < -0.39 is 10.0 Å². The quantitative estimate of drug-likeness (QED) is 0.758. The first-order chi connectivity index (χ1) is 12.6. The molecule has 1 unspecified atom stereocenters. The van der Waals surface area contributed by atoms with Gasteiger partial charge in [-0.15, -0.1) is 0 Å². The lowest BCUT2D eigenvalue weighted by Crippen LogP contribution is -2.31. The highest BCUT2D eigenvalue weighted by molar-refractivity contribution is 7.89. The van der Waals surface area contributed by atoms with Crippen LogP contribution in [0.2, 0.25) is 0 Å². The number of aryl methyl sites for hydroxylation is 1. The number of benzene rings is 2. The Hall–Kier alpha value is -2.50. The topological polar surface area (TPSA) is 59.1 Å². The normalized spacial score (nSPS) is 16.8. The number of nitrogens with zero attached hydrogens (tertiary/aromatic N) is 1. The first kappa shape index (κ1) is 16.9. The summed E-state index contributed by atoms with van der Waals surface area (Å²) < 4.78 is 28.5. The van der Waals surface area contributed by atoms with Crippen molar-refractivity contribution in [3.05, 3.63) is 84.2 Å². The highest BCUT2D eigenvalue weighted by Gasteiger charge is 2.25. The molecule has 1 aliphatic rings. The molecule has 0 amide bonds. The number of hydrogen-bond donors (Lipinski definition) is 1. The van der Waals surface area contributed by atoms with Gasteiger partial charge in [0.15, 0.2) is 0 Å². The predicted octanol–water partition coefficient (Wildman–Crippen LogP) is 4.10. The zero-order valence-electron chi connectivity index (χ0n) is 14.3. The average molecular weight is 364 g/mol. The van der Waals surface area contributed by atoms with Crippen LogP contribution >= 0.6 is 0 Å². The molecule has 1 N–H and O–H groups in total. The van der Waals surface area contributed by atoms with Crippen LogP contribution in [0.1, 0.15) is 30.0 Å². The van der Waals surface area contributed by atoms with Crippen LogP contribution in [0.25, 0.3) is 11.1 Å². The summed E-state index contributed by atoms with van der Waals surface area (Å²) in [7, 11) is -3.57. The van der Waals surface area contributed by atoms with Crippen LogP contribution in [-0.2, 0) is 16.4 Å². The van der Waals surface area contributed by atoms with Crippen molar-refractivity contribution in [1.82, 2.24) is 9.71 Å². The standard InChI is InChI=1S/C21H20N2O2S/c24-26(25,23-21-8-4-7-18-15-22-14-13-20(18)21)19-11-9-17(10-12-19)16-5-2-1-3-6-16/h1-3,5-6,9-15,21,23H,4,7-8H2. The Kier molecular flexibility index (Phi) is 4.57. The molecule has 2 aromatic carbocycles. The van der Waals surface area contributed by atoms with E-state index in [0.717, 1.165) is 41.5 Å². The number of sulfonamides is 1. The van der Waals surface area contributed by atoms with E-state index in [2.05, 4.69) is 9.71 Å². The molecule has 132 valence electrons. The molecule has 1 atom stereocenters. The van der Waals surface area contributed by atoms with E-state index in [9.17, 15) is 8.42 Å². The maximum absolute atomic E-state index is 12.8. The maximum Gasteiger partial charge on any atom is 0.241 e. The molecule has 26 heavy (non-hydrogen) atoms. The fourth-order valence-corrected chi connectivity index (χ4v) is 4.72. The molecule has 0 aliphatic heterocycles. The van der Waals surface area contributed by atoms with Crippen LogP contribution < -0.4 is 4.72 Å². The first-order valence-corrected chi connectivity index (χ1v) is 10.2. The van der Waals surface area contributed by atoms with Crippen molar-refractivity contribution in [2.45, 2.75) is 30.2 Å². The second-order valence-electron chi connectivity index (χ2n) is 6.53. The molecule has 1 heterocycles. The summed E-state index contributed by atoms with van der Waals surface area (Å²) in [6, 6.07) is 18.7. The Morgan fingerprint density at radius 3 is 2.42 bits per heavy atom. The number of fused-ring (bicyclic) bond motifs is 1. The molecular formula is C21H20N2O2S. The van der Waals surface area contributed by atoms with Gasteiger partial charge in [0.1, 0.15) is 0 Å². The Morgan fingerprint density at radius 1 is 0.923 bits per heavy atom. The number of rotatable bonds is 4. The van der Waals surface area contributed by atoms with Crippen molar-refractivity contribution >= 4 is 10.0 Å². The first-order valence-electron chi connectivity index (χ1n) is 8.74. The van der Waals surface area contributed by atoms with Crippen LogP contribution in [-0.4, -0.2) is 13.4 Å². The Labute approximate surface area is 154 Å². The van der Waals surface area contributed by atoms with E-state index in [4.69, 9.17) is 0 Å². The van der Waals surface area contributed by atoms with Gasteiger partial charge in [-0.05, 0) is 59.7 Å². The van der Waals surface area contributed by atoms with Gasteiger partial charge < -0.3 is 0 Å². The maximum atomic E-state index is 12.8. The SMILES string of the molecule is O=S(=O)(NC1CCCc2cnccc21)c1ccc(-c2ccccc2)cc1. The molecule has 0 saturated carbocycles. The second-order valence-corrected chi connectivity index (χ2v) is 8.24. The van der Waals surface area contributed by atoms with Gasteiger partial charge >= 0.3 is 0 Å². The second kappa shape index (κ2) is 7.02. The fraction of sp³-hybridized carbons (Fsp3) is 0.190. The summed E-state index contributed by atoms with van der Waals surface area (Å²) in [4.78, 5) is 4.44. The Bertz CT molecular complexity index is 1000. The van der Waals surface area contributed by atoms with Gasteiger partial charge in [0.05, 0.1) is 4.90 Å². The predicted molar refractivity (Wildman–Crippen MR) is 102 cm³/mol. The highest BCUT2D eigenvalue weighted by Crippen LogP contribution is 2.30. The van der Waals surface area contributed by atoms with Crippen molar-refractivity contribution in [3.8, 4) is 11.1 Å². The van der Waals surface area contributed by atoms with Gasteiger partial charge in [-0.3, -0.25) is 4.98 Å². The molecule has 0 radical (unpaired) electrons. The number of pyridine rings is 1. The van der Waals surface area contributed by atoms with Crippen molar-refractivity contribution < 1.29 is 8.42 Å². The summed E-state index contributed by atoms with van der Waals surface area (Å²) in [5, 5.41) is 0. The number of aromatic nitrogens is 1. The minimum atomic E-state index is -3.57. The molecule has 3 aromatic rings. The van der Waals surface area contributed by atoms with E-state index in [0.29, 0.717) is 4.90 Å². The van der Waals surface area contributed by atoms with Crippen molar-refractivity contribution in [3.63, 3.8) is 0 Å². The fourth-order valence-electron chi connectivity index (χ4n) is 3.47. The minimum Gasteiger partial charge on any atom is -0.264 e. The molecule has 0 bridgehead atoms. The van der Waals surface area contributed by atoms with E-state index >= 15 is 0 Å². The molecule has 0 saturated heterocycles. The lowest BCUT2D eigenvalue weighted by Gasteiger charge is -2.25. The largest absolute Gasteiger partial charge is 0.264 e. The monoisotopic (exact) mass is 364 g/mol. The summed E-state index contributed by atoms with van der Waals surface area (Å²) in [6.07, 6.45) is 6.27. The van der Waals surface area contributed by atoms with E-state index in [1.54, 1.807) is 18.3 Å². The number of nitrogens with one attached hydrogen (secondary N) is 1. The molecule has 0 fully saturated rings. The Balaban J connectivity index is 1.58. The molecular weight excluding hydrogens is 344 g/mol. The minimum absolute atomic E-state index is 0.194. The van der Waals surface area contributed by atoms with Crippen LogP contribution in [0.5, 0.6) is 0 Å². The summed E-state index contributed by atoms with van der Waals surface area (Å²) in [5.74, 6) is 0. The van der Waals surface area contributed by atoms with Crippen molar-refractivity contribution in [2.24, 2.45) is 0 Å². The lowest BCUT2D eigenvalue weighted by molar-refractivity contribution is 0.506. The van der Waals surface area contributed by atoms with Crippen molar-refractivity contribution in [2.75, 3.05) is 0 Å². The van der Waals surface area contributed by atoms with E-state index in [1.807, 2.05) is 54.7 Å².